The van der Waals surface area contributed by atoms with Crippen LogP contribution < -0.4 is 20.1 Å². The van der Waals surface area contributed by atoms with Crippen LogP contribution in [0, 0.1) is 0 Å². The number of pyridine rings is 1. The molecule has 3 aromatic rings. The van der Waals surface area contributed by atoms with Gasteiger partial charge in [0.15, 0.2) is 6.61 Å². The number of hydrogen-bond acceptors (Lipinski definition) is 6. The van der Waals surface area contributed by atoms with Crippen molar-refractivity contribution in [1.29, 1.82) is 0 Å². The molecule has 1 atom stereocenters. The molecule has 0 aliphatic rings. The van der Waals surface area contributed by atoms with Crippen molar-refractivity contribution in [2.75, 3.05) is 26.3 Å². The van der Waals surface area contributed by atoms with Crippen molar-refractivity contribution < 1.29 is 19.4 Å². The first-order valence-electron chi connectivity index (χ1n) is 10.6. The van der Waals surface area contributed by atoms with E-state index in [1.807, 2.05) is 66.7 Å². The molecule has 3 rings (SSSR count). The van der Waals surface area contributed by atoms with Gasteiger partial charge in [0.2, 0.25) is 0 Å². The highest BCUT2D eigenvalue weighted by Gasteiger charge is 2.06. The van der Waals surface area contributed by atoms with Gasteiger partial charge in [-0.2, -0.15) is 0 Å². The van der Waals surface area contributed by atoms with Crippen LogP contribution in [0.25, 0.3) is 0 Å². The number of carbonyl (C=O) groups excluding carboxylic acids is 1. The maximum absolute atomic E-state index is 11.9. The van der Waals surface area contributed by atoms with Crippen molar-refractivity contribution in [3.8, 4) is 11.5 Å². The van der Waals surface area contributed by atoms with Crippen LogP contribution in [0.4, 0.5) is 0 Å². The monoisotopic (exact) mass is 435 g/mol. The molecule has 1 aromatic heterocycles. The number of nitrogens with one attached hydrogen (secondary N) is 2. The summed E-state index contributed by atoms with van der Waals surface area (Å²) in [4.78, 5) is 15.9. The maximum atomic E-state index is 11.9. The highest BCUT2D eigenvalue weighted by Crippen LogP contribution is 2.12. The van der Waals surface area contributed by atoms with E-state index in [2.05, 4.69) is 15.6 Å². The highest BCUT2D eigenvalue weighted by molar-refractivity contribution is 5.77. The Hall–Kier alpha value is -3.42. The van der Waals surface area contributed by atoms with Gasteiger partial charge >= 0.3 is 0 Å². The Morgan fingerprint density at radius 1 is 0.906 bits per heavy atom. The Bertz CT molecular complexity index is 921. The number of amides is 1. The third kappa shape index (κ3) is 8.75. The first-order valence-corrected chi connectivity index (χ1v) is 10.6. The Morgan fingerprint density at radius 2 is 1.62 bits per heavy atom. The van der Waals surface area contributed by atoms with Gasteiger partial charge in [-0.1, -0.05) is 30.3 Å². The van der Waals surface area contributed by atoms with Crippen LogP contribution in [0.3, 0.4) is 0 Å². The van der Waals surface area contributed by atoms with Crippen molar-refractivity contribution >= 4 is 5.91 Å². The van der Waals surface area contributed by atoms with Gasteiger partial charge in [-0.3, -0.25) is 9.78 Å². The number of carbonyl (C=O) groups is 1. The van der Waals surface area contributed by atoms with E-state index in [1.54, 1.807) is 12.4 Å². The zero-order valence-corrected chi connectivity index (χ0v) is 17.9. The molecule has 0 aliphatic carbocycles. The van der Waals surface area contributed by atoms with E-state index in [-0.39, 0.29) is 19.1 Å². The molecule has 0 aliphatic heterocycles. The molecule has 0 spiro atoms. The lowest BCUT2D eigenvalue weighted by Crippen LogP contribution is -2.32. The molecule has 0 radical (unpaired) electrons. The number of rotatable bonds is 13. The predicted octanol–water partition coefficient (Wildman–Crippen LogP) is 2.35. The standard InChI is InChI=1S/C25H29N3O4/c29-22(18-31-23-4-2-1-3-5-23)17-27-15-10-20-6-8-24(9-7-20)32-19-25(30)28-16-21-11-13-26-14-12-21/h1-9,11-14,22,27,29H,10,15-19H2,(H,28,30). The molecular weight excluding hydrogens is 406 g/mol. The molecular formula is C25H29N3O4. The number of nitrogens with zero attached hydrogens (tertiary/aromatic N) is 1. The van der Waals surface area contributed by atoms with Gasteiger partial charge in [0.25, 0.3) is 5.91 Å². The minimum absolute atomic E-state index is 0.0328. The summed E-state index contributed by atoms with van der Waals surface area (Å²) in [7, 11) is 0. The van der Waals surface area contributed by atoms with Crippen LogP contribution >= 0.6 is 0 Å². The van der Waals surface area contributed by atoms with Gasteiger partial charge in [-0.15, -0.1) is 0 Å². The third-order valence-electron chi connectivity index (χ3n) is 4.69. The molecule has 0 saturated carbocycles. The Morgan fingerprint density at radius 3 is 2.38 bits per heavy atom. The molecule has 2 aromatic carbocycles. The molecule has 3 N–H and O–H groups in total. The number of aliphatic hydroxyl groups excluding tert-OH is 1. The van der Waals surface area contributed by atoms with E-state index >= 15 is 0 Å². The number of benzene rings is 2. The van der Waals surface area contributed by atoms with Crippen LogP contribution in [0.5, 0.6) is 11.5 Å². The van der Waals surface area contributed by atoms with Crippen LogP contribution in [-0.2, 0) is 17.8 Å². The molecule has 168 valence electrons. The van der Waals surface area contributed by atoms with E-state index < -0.39 is 6.10 Å². The predicted molar refractivity (Wildman–Crippen MR) is 123 cm³/mol. The lowest BCUT2D eigenvalue weighted by Gasteiger charge is -2.13. The number of hydrogen-bond donors (Lipinski definition) is 3. The highest BCUT2D eigenvalue weighted by atomic mass is 16.5. The van der Waals surface area contributed by atoms with Crippen LogP contribution in [-0.4, -0.2) is 48.4 Å². The first-order chi connectivity index (χ1) is 15.7. The zero-order chi connectivity index (χ0) is 22.4. The molecule has 7 nitrogen and oxygen atoms in total. The summed E-state index contributed by atoms with van der Waals surface area (Å²) < 4.78 is 11.1. The molecule has 0 bridgehead atoms. The Kier molecular flexibility index (Phi) is 9.51. The third-order valence-corrected chi connectivity index (χ3v) is 4.69. The Labute approximate surface area is 188 Å². The van der Waals surface area contributed by atoms with Gasteiger partial charge in [0.1, 0.15) is 24.2 Å². The second-order valence-corrected chi connectivity index (χ2v) is 7.30. The fourth-order valence-electron chi connectivity index (χ4n) is 2.92. The maximum Gasteiger partial charge on any atom is 0.258 e. The van der Waals surface area contributed by atoms with Crippen LogP contribution in [0.1, 0.15) is 11.1 Å². The normalized spacial score (nSPS) is 11.5. The van der Waals surface area contributed by atoms with Crippen LogP contribution in [0.15, 0.2) is 79.1 Å². The van der Waals surface area contributed by atoms with Crippen molar-refractivity contribution in [3.05, 3.63) is 90.3 Å². The average Bonchev–Trinajstić information content (AvgIpc) is 2.85. The van der Waals surface area contributed by atoms with Crippen molar-refractivity contribution in [1.82, 2.24) is 15.6 Å². The summed E-state index contributed by atoms with van der Waals surface area (Å²) in [6, 6.07) is 20.8. The number of para-hydroxylation sites is 1. The van der Waals surface area contributed by atoms with Crippen molar-refractivity contribution in [2.24, 2.45) is 0 Å². The van der Waals surface area contributed by atoms with Crippen LogP contribution in [0.2, 0.25) is 0 Å². The zero-order valence-electron chi connectivity index (χ0n) is 17.9. The van der Waals surface area contributed by atoms with E-state index in [0.29, 0.717) is 18.8 Å². The summed E-state index contributed by atoms with van der Waals surface area (Å²) in [5, 5.41) is 16.1. The van der Waals surface area contributed by atoms with E-state index in [9.17, 15) is 9.90 Å². The van der Waals surface area contributed by atoms with Crippen molar-refractivity contribution in [3.63, 3.8) is 0 Å². The summed E-state index contributed by atoms with van der Waals surface area (Å²) in [5.41, 5.74) is 2.13. The number of ether oxygens (including phenoxy) is 2. The van der Waals surface area contributed by atoms with Gasteiger partial charge in [0.05, 0.1) is 0 Å². The topological polar surface area (TPSA) is 92.7 Å². The fourth-order valence-corrected chi connectivity index (χ4v) is 2.92. The number of aromatic nitrogens is 1. The summed E-state index contributed by atoms with van der Waals surface area (Å²) in [5.74, 6) is 1.22. The smallest absolute Gasteiger partial charge is 0.258 e. The average molecular weight is 436 g/mol. The summed E-state index contributed by atoms with van der Waals surface area (Å²) in [6.45, 7) is 1.86. The molecule has 1 unspecified atom stereocenters. The summed E-state index contributed by atoms with van der Waals surface area (Å²) in [6.07, 6.45) is 3.63. The van der Waals surface area contributed by atoms with E-state index in [4.69, 9.17) is 9.47 Å². The van der Waals surface area contributed by atoms with Gasteiger partial charge in [-0.05, 0) is 60.5 Å². The van der Waals surface area contributed by atoms with E-state index in [0.717, 1.165) is 29.8 Å². The molecule has 0 saturated heterocycles. The van der Waals surface area contributed by atoms with Gasteiger partial charge in [0, 0.05) is 25.5 Å². The lowest BCUT2D eigenvalue weighted by molar-refractivity contribution is -0.123. The quantitative estimate of drug-likeness (QED) is 0.357. The molecule has 1 amide bonds. The number of aliphatic hydroxyl groups is 1. The summed E-state index contributed by atoms with van der Waals surface area (Å²) >= 11 is 0. The minimum atomic E-state index is -0.573. The second kappa shape index (κ2) is 13.1. The lowest BCUT2D eigenvalue weighted by atomic mass is 10.1. The van der Waals surface area contributed by atoms with Gasteiger partial charge in [-0.25, -0.2) is 0 Å². The van der Waals surface area contributed by atoms with Crippen molar-refractivity contribution in [2.45, 2.75) is 19.1 Å². The fraction of sp³-hybridized carbons (Fsp3) is 0.280. The second-order valence-electron chi connectivity index (χ2n) is 7.30. The molecule has 7 heteroatoms. The molecule has 0 fully saturated rings. The first kappa shape index (κ1) is 23.2. The van der Waals surface area contributed by atoms with Gasteiger partial charge < -0.3 is 25.2 Å². The Balaban J connectivity index is 1.27. The minimum Gasteiger partial charge on any atom is -0.491 e. The molecule has 32 heavy (non-hydrogen) atoms. The largest absolute Gasteiger partial charge is 0.491 e. The molecule has 1 heterocycles. The van der Waals surface area contributed by atoms with E-state index in [1.165, 1.54) is 0 Å². The SMILES string of the molecule is O=C(COc1ccc(CCNCC(O)COc2ccccc2)cc1)NCc1ccncc1.